The normalized spacial score (nSPS) is 10.6. The van der Waals surface area contributed by atoms with E-state index in [0.29, 0.717) is 5.13 Å². The number of aryl methyl sites for hydroxylation is 2. The summed E-state index contributed by atoms with van der Waals surface area (Å²) in [5.41, 5.74) is 4.21. The molecule has 0 aliphatic carbocycles. The highest BCUT2D eigenvalue weighted by atomic mass is 79.9. The fraction of sp³-hybridized carbons (Fsp3) is 0.167. The van der Waals surface area contributed by atoms with Gasteiger partial charge in [0, 0.05) is 15.8 Å². The van der Waals surface area contributed by atoms with Crippen LogP contribution in [-0.2, 0) is 4.79 Å². The monoisotopic (exact) mass is 448 g/mol. The van der Waals surface area contributed by atoms with Gasteiger partial charge in [-0.25, -0.2) is 0 Å². The molecule has 3 rings (SSSR count). The Morgan fingerprint density at radius 1 is 1.12 bits per heavy atom. The van der Waals surface area contributed by atoms with Gasteiger partial charge in [0.2, 0.25) is 11.0 Å². The number of amides is 1. The van der Waals surface area contributed by atoms with Gasteiger partial charge in [-0.1, -0.05) is 51.2 Å². The topological polar surface area (TPSA) is 66.9 Å². The van der Waals surface area contributed by atoms with Crippen LogP contribution in [0.25, 0.3) is 0 Å². The molecule has 2 N–H and O–H groups in total. The maximum absolute atomic E-state index is 12.1. The Morgan fingerprint density at radius 3 is 2.73 bits per heavy atom. The smallest absolute Gasteiger partial charge is 0.234 e. The van der Waals surface area contributed by atoms with Gasteiger partial charge in [-0.05, 0) is 55.3 Å². The molecule has 0 atom stereocenters. The van der Waals surface area contributed by atoms with Crippen molar-refractivity contribution in [3.05, 3.63) is 58.1 Å². The zero-order valence-corrected chi connectivity index (χ0v) is 17.5. The van der Waals surface area contributed by atoms with Crippen LogP contribution in [0.4, 0.5) is 16.5 Å². The van der Waals surface area contributed by atoms with Crippen LogP contribution in [0.1, 0.15) is 11.1 Å². The van der Waals surface area contributed by atoms with Crippen LogP contribution in [-0.4, -0.2) is 21.9 Å². The standard InChI is InChI=1S/C18H17BrN4OS2/c1-11-6-7-15(8-12(11)2)21-17-22-23-18(26-17)25-10-16(24)20-14-5-3-4-13(19)9-14/h3-9H,10H2,1-2H3,(H,20,24)(H,21,22). The first-order chi connectivity index (χ1) is 12.5. The molecule has 0 bridgehead atoms. The Bertz CT molecular complexity index is 929. The molecule has 0 fully saturated rings. The van der Waals surface area contributed by atoms with E-state index in [1.165, 1.54) is 34.2 Å². The van der Waals surface area contributed by atoms with E-state index >= 15 is 0 Å². The molecule has 134 valence electrons. The Kier molecular flexibility index (Phi) is 6.29. The molecule has 3 aromatic rings. The number of thioether (sulfide) groups is 1. The molecule has 26 heavy (non-hydrogen) atoms. The summed E-state index contributed by atoms with van der Waals surface area (Å²) in [7, 11) is 0. The van der Waals surface area contributed by atoms with Gasteiger partial charge in [0.1, 0.15) is 0 Å². The molecule has 0 unspecified atom stereocenters. The second-order valence-electron chi connectivity index (χ2n) is 5.64. The van der Waals surface area contributed by atoms with Crippen LogP contribution in [0, 0.1) is 13.8 Å². The minimum atomic E-state index is -0.0769. The predicted molar refractivity (Wildman–Crippen MR) is 113 cm³/mol. The number of carbonyl (C=O) groups is 1. The van der Waals surface area contributed by atoms with Crippen molar-refractivity contribution in [1.29, 1.82) is 0 Å². The van der Waals surface area contributed by atoms with Crippen molar-refractivity contribution in [3.8, 4) is 0 Å². The third-order valence-electron chi connectivity index (χ3n) is 3.60. The summed E-state index contributed by atoms with van der Waals surface area (Å²) in [4.78, 5) is 12.1. The third kappa shape index (κ3) is 5.30. The summed E-state index contributed by atoms with van der Waals surface area (Å²) in [5.74, 6) is 0.206. The molecule has 0 aliphatic heterocycles. The van der Waals surface area contributed by atoms with Crippen LogP contribution < -0.4 is 10.6 Å². The molecular weight excluding hydrogens is 432 g/mol. The van der Waals surface area contributed by atoms with Crippen LogP contribution in [0.2, 0.25) is 0 Å². The largest absolute Gasteiger partial charge is 0.330 e. The van der Waals surface area contributed by atoms with Gasteiger partial charge in [-0.3, -0.25) is 4.79 Å². The van der Waals surface area contributed by atoms with Crippen molar-refractivity contribution < 1.29 is 4.79 Å². The number of hydrogen-bond donors (Lipinski definition) is 2. The fourth-order valence-corrected chi connectivity index (χ4v) is 4.12. The van der Waals surface area contributed by atoms with Crippen molar-refractivity contribution >= 4 is 61.4 Å². The molecule has 5 nitrogen and oxygen atoms in total. The molecule has 8 heteroatoms. The number of anilines is 3. The fourth-order valence-electron chi connectivity index (χ4n) is 2.15. The zero-order chi connectivity index (χ0) is 18.5. The summed E-state index contributed by atoms with van der Waals surface area (Å²) in [6, 6.07) is 13.7. The number of hydrogen-bond acceptors (Lipinski definition) is 6. The number of carbonyl (C=O) groups excluding carboxylic acids is 1. The van der Waals surface area contributed by atoms with Gasteiger partial charge < -0.3 is 10.6 Å². The first kappa shape index (κ1) is 18.9. The van der Waals surface area contributed by atoms with Crippen LogP contribution in [0.5, 0.6) is 0 Å². The lowest BCUT2D eigenvalue weighted by Gasteiger charge is -2.05. The van der Waals surface area contributed by atoms with E-state index < -0.39 is 0 Å². The second kappa shape index (κ2) is 8.66. The van der Waals surface area contributed by atoms with Gasteiger partial charge in [-0.15, -0.1) is 10.2 Å². The van der Waals surface area contributed by atoms with E-state index in [9.17, 15) is 4.79 Å². The molecule has 1 amide bonds. The van der Waals surface area contributed by atoms with Crippen LogP contribution >= 0.6 is 39.0 Å². The summed E-state index contributed by atoms with van der Waals surface area (Å²) < 4.78 is 1.68. The van der Waals surface area contributed by atoms with Gasteiger partial charge in [-0.2, -0.15) is 0 Å². The molecule has 1 aromatic heterocycles. The summed E-state index contributed by atoms with van der Waals surface area (Å²) in [5, 5.41) is 15.1. The zero-order valence-electron chi connectivity index (χ0n) is 14.2. The number of benzene rings is 2. The van der Waals surface area contributed by atoms with Gasteiger partial charge in [0.05, 0.1) is 5.75 Å². The molecule has 0 aliphatic rings. The SMILES string of the molecule is Cc1ccc(Nc2nnc(SCC(=O)Nc3cccc(Br)c3)s2)cc1C. The lowest BCUT2D eigenvalue weighted by molar-refractivity contribution is -0.113. The van der Waals surface area contributed by atoms with Crippen molar-refractivity contribution in [3.63, 3.8) is 0 Å². The van der Waals surface area contributed by atoms with E-state index in [0.717, 1.165) is 20.2 Å². The van der Waals surface area contributed by atoms with Crippen LogP contribution in [0.3, 0.4) is 0 Å². The first-order valence-corrected chi connectivity index (χ1v) is 10.4. The Labute approximate surface area is 168 Å². The van der Waals surface area contributed by atoms with Gasteiger partial charge >= 0.3 is 0 Å². The van der Waals surface area contributed by atoms with E-state index in [4.69, 9.17) is 0 Å². The summed E-state index contributed by atoms with van der Waals surface area (Å²) >= 11 is 6.19. The molecule has 1 heterocycles. The maximum atomic E-state index is 12.1. The molecule has 0 radical (unpaired) electrons. The van der Waals surface area contributed by atoms with Crippen molar-refractivity contribution in [1.82, 2.24) is 10.2 Å². The average molecular weight is 449 g/mol. The minimum Gasteiger partial charge on any atom is -0.330 e. The lowest BCUT2D eigenvalue weighted by Crippen LogP contribution is -2.13. The van der Waals surface area contributed by atoms with E-state index in [2.05, 4.69) is 62.7 Å². The molecule has 2 aromatic carbocycles. The quantitative estimate of drug-likeness (QED) is 0.494. The average Bonchev–Trinajstić information content (AvgIpc) is 3.04. The number of halogens is 1. The van der Waals surface area contributed by atoms with Gasteiger partial charge in [0.25, 0.3) is 0 Å². The van der Waals surface area contributed by atoms with Crippen molar-refractivity contribution in [2.24, 2.45) is 0 Å². The van der Waals surface area contributed by atoms with E-state index in [1.54, 1.807) is 0 Å². The number of nitrogens with zero attached hydrogens (tertiary/aromatic N) is 2. The van der Waals surface area contributed by atoms with E-state index in [1.807, 2.05) is 30.3 Å². The van der Waals surface area contributed by atoms with E-state index in [-0.39, 0.29) is 11.7 Å². The third-order valence-corrected chi connectivity index (χ3v) is 6.07. The maximum Gasteiger partial charge on any atom is 0.234 e. The van der Waals surface area contributed by atoms with Crippen molar-refractivity contribution in [2.45, 2.75) is 18.2 Å². The highest BCUT2D eigenvalue weighted by Gasteiger charge is 2.09. The summed E-state index contributed by atoms with van der Waals surface area (Å²) in [6.45, 7) is 4.16. The Hall–Kier alpha value is -1.90. The predicted octanol–water partition coefficient (Wildman–Crippen LogP) is 5.39. The highest BCUT2D eigenvalue weighted by Crippen LogP contribution is 2.28. The number of aromatic nitrogens is 2. The molecular formula is C18H17BrN4OS2. The molecule has 0 saturated heterocycles. The highest BCUT2D eigenvalue weighted by molar-refractivity contribution is 9.10. The molecule has 0 spiro atoms. The lowest BCUT2D eigenvalue weighted by atomic mass is 10.1. The van der Waals surface area contributed by atoms with Crippen LogP contribution in [0.15, 0.2) is 51.3 Å². The second-order valence-corrected chi connectivity index (χ2v) is 8.76. The molecule has 0 saturated carbocycles. The number of rotatable bonds is 6. The number of nitrogens with one attached hydrogen (secondary N) is 2. The summed E-state index contributed by atoms with van der Waals surface area (Å²) in [6.07, 6.45) is 0. The first-order valence-electron chi connectivity index (χ1n) is 7.85. The Morgan fingerprint density at radius 2 is 1.96 bits per heavy atom. The minimum absolute atomic E-state index is 0.0769. The Balaban J connectivity index is 1.53. The van der Waals surface area contributed by atoms with Gasteiger partial charge in [0.15, 0.2) is 4.34 Å². The van der Waals surface area contributed by atoms with Crippen molar-refractivity contribution in [2.75, 3.05) is 16.4 Å².